The van der Waals surface area contributed by atoms with Crippen molar-refractivity contribution in [3.8, 4) is 5.75 Å². The summed E-state index contributed by atoms with van der Waals surface area (Å²) in [7, 11) is -2.77. The molecule has 0 saturated heterocycles. The maximum Gasteiger partial charge on any atom is 0.264 e. The molecule has 4 aromatic rings. The molecule has 4 aromatic carbocycles. The summed E-state index contributed by atoms with van der Waals surface area (Å²) in [5, 5.41) is 3.00. The predicted octanol–water partition coefficient (Wildman–Crippen LogP) is 5.58. The van der Waals surface area contributed by atoms with Crippen LogP contribution in [0, 0.1) is 5.82 Å². The van der Waals surface area contributed by atoms with Crippen LogP contribution in [0.1, 0.15) is 31.4 Å². The SMILES string of the molecule is CC[C@@H](C)NC(=O)[C@H](Cc1ccccc1)N(Cc1ccc(F)cc1)C(=O)CN(c1cccc(OC)c1)S(=O)(=O)c1ccccc1. The van der Waals surface area contributed by atoms with Crippen LogP contribution in [-0.2, 0) is 32.6 Å². The Balaban J connectivity index is 1.81. The molecule has 0 saturated carbocycles. The third kappa shape index (κ3) is 8.69. The number of halogens is 1. The molecule has 0 aromatic heterocycles. The minimum Gasteiger partial charge on any atom is -0.497 e. The van der Waals surface area contributed by atoms with Crippen molar-refractivity contribution >= 4 is 27.5 Å². The molecule has 0 heterocycles. The molecule has 0 fully saturated rings. The van der Waals surface area contributed by atoms with Gasteiger partial charge in [0, 0.05) is 25.1 Å². The van der Waals surface area contributed by atoms with Crippen LogP contribution in [0.15, 0.2) is 114 Å². The van der Waals surface area contributed by atoms with Gasteiger partial charge < -0.3 is 15.0 Å². The molecule has 8 nitrogen and oxygen atoms in total. The van der Waals surface area contributed by atoms with Gasteiger partial charge in [0.25, 0.3) is 10.0 Å². The molecule has 0 spiro atoms. The summed E-state index contributed by atoms with van der Waals surface area (Å²) in [4.78, 5) is 29.7. The van der Waals surface area contributed by atoms with Crippen molar-refractivity contribution < 1.29 is 27.1 Å². The number of ether oxygens (including phenoxy) is 1. The second kappa shape index (κ2) is 15.3. The van der Waals surface area contributed by atoms with Crippen LogP contribution in [0.3, 0.4) is 0 Å². The van der Waals surface area contributed by atoms with E-state index in [1.54, 1.807) is 48.5 Å². The Bertz CT molecular complexity index is 1670. The summed E-state index contributed by atoms with van der Waals surface area (Å²) in [6, 6.07) is 28.1. The van der Waals surface area contributed by atoms with Crippen molar-refractivity contribution in [2.75, 3.05) is 18.0 Å². The molecule has 2 amide bonds. The predicted molar refractivity (Wildman–Crippen MR) is 173 cm³/mol. The first-order valence-electron chi connectivity index (χ1n) is 14.7. The number of amides is 2. The van der Waals surface area contributed by atoms with E-state index in [-0.39, 0.29) is 35.5 Å². The van der Waals surface area contributed by atoms with E-state index in [1.165, 1.54) is 42.3 Å². The molecule has 0 unspecified atom stereocenters. The smallest absolute Gasteiger partial charge is 0.264 e. The molecule has 0 aliphatic heterocycles. The number of anilines is 1. The quantitative estimate of drug-likeness (QED) is 0.196. The minimum absolute atomic E-state index is 0.000976. The number of carbonyl (C=O) groups excluding carboxylic acids is 2. The first-order chi connectivity index (χ1) is 21.6. The Morgan fingerprint density at radius 3 is 2.13 bits per heavy atom. The highest BCUT2D eigenvalue weighted by Gasteiger charge is 2.35. The van der Waals surface area contributed by atoms with E-state index in [1.807, 2.05) is 44.2 Å². The topological polar surface area (TPSA) is 96.0 Å². The van der Waals surface area contributed by atoms with Gasteiger partial charge in [0.2, 0.25) is 11.8 Å². The van der Waals surface area contributed by atoms with Gasteiger partial charge in [-0.05, 0) is 60.9 Å². The lowest BCUT2D eigenvalue weighted by molar-refractivity contribution is -0.140. The molecule has 0 aliphatic carbocycles. The Kier molecular flexibility index (Phi) is 11.3. The Morgan fingerprint density at radius 2 is 1.51 bits per heavy atom. The summed E-state index contributed by atoms with van der Waals surface area (Å²) in [6.45, 7) is 3.16. The van der Waals surface area contributed by atoms with Crippen molar-refractivity contribution in [1.82, 2.24) is 10.2 Å². The zero-order chi connectivity index (χ0) is 32.4. The average molecular weight is 632 g/mol. The van der Waals surface area contributed by atoms with Crippen molar-refractivity contribution in [3.63, 3.8) is 0 Å². The summed E-state index contributed by atoms with van der Waals surface area (Å²) >= 11 is 0. The van der Waals surface area contributed by atoms with Gasteiger partial charge in [-0.15, -0.1) is 0 Å². The molecular weight excluding hydrogens is 593 g/mol. The minimum atomic E-state index is -4.23. The molecule has 1 N–H and O–H groups in total. The summed E-state index contributed by atoms with van der Waals surface area (Å²) in [5.74, 6) is -1.01. The highest BCUT2D eigenvalue weighted by molar-refractivity contribution is 7.92. The van der Waals surface area contributed by atoms with Gasteiger partial charge in [0.05, 0.1) is 17.7 Å². The van der Waals surface area contributed by atoms with Gasteiger partial charge in [-0.2, -0.15) is 0 Å². The largest absolute Gasteiger partial charge is 0.497 e. The van der Waals surface area contributed by atoms with Crippen molar-refractivity contribution in [1.29, 1.82) is 0 Å². The Labute approximate surface area is 264 Å². The van der Waals surface area contributed by atoms with Crippen LogP contribution in [0.2, 0.25) is 0 Å². The van der Waals surface area contributed by atoms with Crippen LogP contribution >= 0.6 is 0 Å². The Hall–Kier alpha value is -4.70. The summed E-state index contributed by atoms with van der Waals surface area (Å²) in [6.07, 6.45) is 0.856. The number of carbonyl (C=O) groups is 2. The number of nitrogens with zero attached hydrogens (tertiary/aromatic N) is 2. The molecule has 0 radical (unpaired) electrons. The fraction of sp³-hybridized carbons (Fsp3) is 0.257. The molecule has 0 aliphatic rings. The van der Waals surface area contributed by atoms with E-state index in [9.17, 15) is 22.4 Å². The highest BCUT2D eigenvalue weighted by Crippen LogP contribution is 2.28. The second-order valence-corrected chi connectivity index (χ2v) is 12.6. The lowest BCUT2D eigenvalue weighted by Crippen LogP contribution is -2.54. The zero-order valence-electron chi connectivity index (χ0n) is 25.6. The number of methoxy groups -OCH3 is 1. The van der Waals surface area contributed by atoms with Crippen molar-refractivity contribution in [2.24, 2.45) is 0 Å². The first kappa shape index (κ1) is 33.2. The normalized spacial score (nSPS) is 12.5. The van der Waals surface area contributed by atoms with E-state index in [0.29, 0.717) is 17.7 Å². The molecule has 45 heavy (non-hydrogen) atoms. The van der Waals surface area contributed by atoms with Gasteiger partial charge >= 0.3 is 0 Å². The van der Waals surface area contributed by atoms with Crippen LogP contribution in [-0.4, -0.2) is 50.9 Å². The van der Waals surface area contributed by atoms with Crippen LogP contribution < -0.4 is 14.4 Å². The molecule has 4 rings (SSSR count). The summed E-state index contributed by atoms with van der Waals surface area (Å²) < 4.78 is 48.3. The summed E-state index contributed by atoms with van der Waals surface area (Å²) in [5.41, 5.74) is 1.62. The number of sulfonamides is 1. The fourth-order valence-corrected chi connectivity index (χ4v) is 6.22. The highest BCUT2D eigenvalue weighted by atomic mass is 32.2. The van der Waals surface area contributed by atoms with E-state index in [4.69, 9.17) is 4.74 Å². The molecule has 0 bridgehead atoms. The monoisotopic (exact) mass is 631 g/mol. The maximum atomic E-state index is 14.5. The number of hydrogen-bond donors (Lipinski definition) is 1. The second-order valence-electron chi connectivity index (χ2n) is 10.7. The number of hydrogen-bond acceptors (Lipinski definition) is 5. The van der Waals surface area contributed by atoms with Crippen LogP contribution in [0.4, 0.5) is 10.1 Å². The average Bonchev–Trinajstić information content (AvgIpc) is 3.06. The van der Waals surface area contributed by atoms with Gasteiger partial charge in [0.15, 0.2) is 0 Å². The number of rotatable bonds is 14. The van der Waals surface area contributed by atoms with Crippen LogP contribution in [0.25, 0.3) is 0 Å². The molecule has 10 heteroatoms. The number of nitrogens with one attached hydrogen (secondary N) is 1. The van der Waals surface area contributed by atoms with Gasteiger partial charge in [0.1, 0.15) is 24.2 Å². The van der Waals surface area contributed by atoms with E-state index in [0.717, 1.165) is 9.87 Å². The fourth-order valence-electron chi connectivity index (χ4n) is 4.80. The van der Waals surface area contributed by atoms with Gasteiger partial charge in [-0.1, -0.05) is 73.7 Å². The van der Waals surface area contributed by atoms with Gasteiger partial charge in [-0.3, -0.25) is 13.9 Å². The number of benzene rings is 4. The lowest BCUT2D eigenvalue weighted by Gasteiger charge is -2.34. The third-order valence-electron chi connectivity index (χ3n) is 7.49. The maximum absolute atomic E-state index is 14.5. The standard InChI is InChI=1S/C35H38FN3O5S/c1-4-26(2)37-35(41)33(22-27-12-7-5-8-13-27)38(24-28-18-20-29(36)21-19-28)34(40)25-39(30-14-11-15-31(23-30)44-3)45(42,43)32-16-9-6-10-17-32/h5-21,23,26,33H,4,22,24-25H2,1-3H3,(H,37,41)/t26-,33+/m1/s1. The van der Waals surface area contributed by atoms with E-state index >= 15 is 0 Å². The van der Waals surface area contributed by atoms with Crippen LogP contribution in [0.5, 0.6) is 5.75 Å². The molecule has 2 atom stereocenters. The van der Waals surface area contributed by atoms with E-state index < -0.39 is 34.3 Å². The van der Waals surface area contributed by atoms with Gasteiger partial charge in [-0.25, -0.2) is 12.8 Å². The van der Waals surface area contributed by atoms with E-state index in [2.05, 4.69) is 5.32 Å². The van der Waals surface area contributed by atoms with Crippen molar-refractivity contribution in [3.05, 3.63) is 126 Å². The van der Waals surface area contributed by atoms with Crippen molar-refractivity contribution in [2.45, 2.75) is 50.2 Å². The molecular formula is C35H38FN3O5S. The zero-order valence-corrected chi connectivity index (χ0v) is 26.4. The third-order valence-corrected chi connectivity index (χ3v) is 9.28. The lowest BCUT2D eigenvalue weighted by atomic mass is 10.0. The molecule has 236 valence electrons. The first-order valence-corrected chi connectivity index (χ1v) is 16.2. The Morgan fingerprint density at radius 1 is 0.867 bits per heavy atom.